The molecule has 1 spiro atoms. The van der Waals surface area contributed by atoms with Gasteiger partial charge in [0, 0.05) is 59.6 Å². The average Bonchev–Trinajstić information content (AvgIpc) is 3.87. The molecule has 13 nitrogen and oxygen atoms in total. The number of nitrogens with zero attached hydrogens (tertiary/aromatic N) is 8. The molecule has 8 rings (SSSR count). The van der Waals surface area contributed by atoms with Crippen LogP contribution in [0.2, 0.25) is 5.02 Å². The van der Waals surface area contributed by atoms with Gasteiger partial charge in [-0.05, 0) is 50.5 Å². The SMILES string of the molecule is Cc1cc2[nH]ncc2c(-c2c(-c3ccc4c(cnn4C)c3)nn(C3CC4(CCCN4C(=O)n4cn[nH]c4=O)CC3=O)c2C)c1Cl. The van der Waals surface area contributed by atoms with Gasteiger partial charge in [-0.3, -0.25) is 19.3 Å². The second kappa shape index (κ2) is 9.73. The minimum atomic E-state index is -0.721. The van der Waals surface area contributed by atoms with Crippen LogP contribution >= 0.6 is 11.6 Å². The van der Waals surface area contributed by atoms with Crippen molar-refractivity contribution in [1.29, 1.82) is 0 Å². The van der Waals surface area contributed by atoms with Crippen LogP contribution in [0, 0.1) is 13.8 Å². The minimum absolute atomic E-state index is 0.00977. The Hall–Kier alpha value is -5.04. The number of hydrogen-bond donors (Lipinski definition) is 2. The third kappa shape index (κ3) is 3.96. The maximum absolute atomic E-state index is 13.9. The van der Waals surface area contributed by atoms with E-state index in [9.17, 15) is 14.4 Å². The summed E-state index contributed by atoms with van der Waals surface area (Å²) in [4.78, 5) is 41.3. The minimum Gasteiger partial charge on any atom is -0.318 e. The number of H-pyrrole nitrogens is 2. The van der Waals surface area contributed by atoms with E-state index in [0.717, 1.165) is 60.7 Å². The van der Waals surface area contributed by atoms with Crippen LogP contribution in [0.1, 0.15) is 43.0 Å². The lowest BCUT2D eigenvalue weighted by molar-refractivity contribution is -0.120. The lowest BCUT2D eigenvalue weighted by Crippen LogP contribution is -2.49. The van der Waals surface area contributed by atoms with Crippen molar-refractivity contribution in [3.8, 4) is 22.4 Å². The number of ketones is 1. The summed E-state index contributed by atoms with van der Waals surface area (Å²) in [5.41, 5.74) is 5.33. The molecule has 1 amide bonds. The van der Waals surface area contributed by atoms with E-state index >= 15 is 0 Å². The smallest absolute Gasteiger partial charge is 0.318 e. The molecule has 2 atom stereocenters. The van der Waals surface area contributed by atoms with Crippen molar-refractivity contribution < 1.29 is 9.59 Å². The van der Waals surface area contributed by atoms with E-state index in [1.165, 1.54) is 6.33 Å². The van der Waals surface area contributed by atoms with E-state index < -0.39 is 23.3 Å². The topological polar surface area (TPSA) is 152 Å². The van der Waals surface area contributed by atoms with Crippen molar-refractivity contribution in [2.24, 2.45) is 7.05 Å². The zero-order valence-electron chi connectivity index (χ0n) is 24.8. The molecule has 5 heterocycles. The number of halogens is 1. The molecule has 2 fully saturated rings. The van der Waals surface area contributed by atoms with Gasteiger partial charge in [0.25, 0.3) is 0 Å². The third-order valence-corrected chi connectivity index (χ3v) is 10.1. The number of carbonyl (C=O) groups excluding carboxylic acids is 2. The Balaban J connectivity index is 1.29. The summed E-state index contributed by atoms with van der Waals surface area (Å²) in [7, 11) is 1.90. The number of carbonyl (C=O) groups is 2. The predicted molar refractivity (Wildman–Crippen MR) is 167 cm³/mol. The van der Waals surface area contributed by atoms with E-state index in [1.807, 2.05) is 60.7 Å². The first-order chi connectivity index (χ1) is 21.7. The van der Waals surface area contributed by atoms with Crippen LogP contribution in [-0.2, 0) is 11.8 Å². The molecule has 2 aliphatic rings. The van der Waals surface area contributed by atoms with E-state index in [1.54, 1.807) is 11.1 Å². The average molecular weight is 625 g/mol. The van der Waals surface area contributed by atoms with Crippen molar-refractivity contribution >= 4 is 45.2 Å². The Morgan fingerprint density at radius 1 is 1.09 bits per heavy atom. The van der Waals surface area contributed by atoms with Gasteiger partial charge in [0.05, 0.1) is 34.0 Å². The maximum Gasteiger partial charge on any atom is 0.351 e. The standard InChI is InChI=1S/C31H29ClN10O3/c1-16-9-21-20(14-33-36-21)26(27(16)32)25-17(2)42(38-28(25)18-5-6-22-19(10-18)13-35-39(22)3)23-11-31(12-24(23)43)7-4-8-41(31)30(45)40-15-34-37-29(40)44/h5-6,9-10,13-15,23H,4,7-8,11-12H2,1-3H3,(H,33,36)(H,37,44). The molecule has 4 aromatic heterocycles. The number of rotatable bonds is 3. The van der Waals surface area contributed by atoms with Crippen LogP contribution in [0.4, 0.5) is 4.79 Å². The highest BCUT2D eigenvalue weighted by Crippen LogP contribution is 2.49. The van der Waals surface area contributed by atoms with Crippen molar-refractivity contribution in [3.05, 3.63) is 69.8 Å². The first kappa shape index (κ1) is 27.5. The van der Waals surface area contributed by atoms with Gasteiger partial charge >= 0.3 is 11.7 Å². The molecule has 2 N–H and O–H groups in total. The summed E-state index contributed by atoms with van der Waals surface area (Å²) in [6, 6.07) is 6.95. The lowest BCUT2D eigenvalue weighted by atomic mass is 9.93. The van der Waals surface area contributed by atoms with Crippen molar-refractivity contribution in [2.75, 3.05) is 6.54 Å². The van der Waals surface area contributed by atoms with Gasteiger partial charge in [-0.1, -0.05) is 17.7 Å². The van der Waals surface area contributed by atoms with Crippen LogP contribution in [0.3, 0.4) is 0 Å². The number of hydrogen-bond acceptors (Lipinski definition) is 7. The first-order valence-electron chi connectivity index (χ1n) is 14.8. The molecule has 228 valence electrons. The van der Waals surface area contributed by atoms with Gasteiger partial charge in [-0.25, -0.2) is 19.3 Å². The molecule has 2 unspecified atom stereocenters. The fourth-order valence-corrected chi connectivity index (χ4v) is 7.69. The Morgan fingerprint density at radius 2 is 1.93 bits per heavy atom. The van der Waals surface area contributed by atoms with Crippen molar-refractivity contribution in [3.63, 3.8) is 0 Å². The Kier molecular flexibility index (Phi) is 5.95. The summed E-state index contributed by atoms with van der Waals surface area (Å²) >= 11 is 7.07. The summed E-state index contributed by atoms with van der Waals surface area (Å²) in [6.45, 7) is 4.36. The van der Waals surface area contributed by atoms with Crippen molar-refractivity contribution in [1.82, 2.24) is 49.4 Å². The Morgan fingerprint density at radius 3 is 2.73 bits per heavy atom. The number of aromatic nitrogens is 9. The highest BCUT2D eigenvalue weighted by molar-refractivity contribution is 6.36. The molecule has 0 bridgehead atoms. The number of likely N-dealkylation sites (tertiary alicyclic amines) is 1. The molecular weight excluding hydrogens is 596 g/mol. The van der Waals surface area contributed by atoms with Crippen LogP contribution in [-0.4, -0.2) is 73.3 Å². The van der Waals surface area contributed by atoms with Gasteiger partial charge in [-0.2, -0.15) is 20.4 Å². The molecule has 14 heteroatoms. The fraction of sp³-hybridized carbons (Fsp3) is 0.323. The highest BCUT2D eigenvalue weighted by atomic mass is 35.5. The summed E-state index contributed by atoms with van der Waals surface area (Å²) in [6.07, 6.45) is 6.71. The summed E-state index contributed by atoms with van der Waals surface area (Å²) in [5.74, 6) is -0.00977. The van der Waals surface area contributed by atoms with Gasteiger partial charge in [-0.15, -0.1) is 0 Å². The molecule has 1 saturated carbocycles. The van der Waals surface area contributed by atoms with E-state index in [0.29, 0.717) is 30.1 Å². The lowest BCUT2D eigenvalue weighted by Gasteiger charge is -2.34. The first-order valence-corrected chi connectivity index (χ1v) is 15.2. The number of aromatic amines is 2. The fourth-order valence-electron chi connectivity index (χ4n) is 7.44. The monoisotopic (exact) mass is 624 g/mol. The normalized spacial score (nSPS) is 20.0. The maximum atomic E-state index is 13.9. The summed E-state index contributed by atoms with van der Waals surface area (Å²) in [5, 5.41) is 25.3. The van der Waals surface area contributed by atoms with Gasteiger partial charge in [0.15, 0.2) is 5.78 Å². The number of amides is 1. The van der Waals surface area contributed by atoms with Gasteiger partial charge < -0.3 is 4.90 Å². The Bertz CT molecular complexity index is 2250. The molecule has 45 heavy (non-hydrogen) atoms. The number of nitrogens with one attached hydrogen (secondary N) is 2. The Labute approximate surface area is 260 Å². The highest BCUT2D eigenvalue weighted by Gasteiger charge is 2.54. The molecule has 1 saturated heterocycles. The van der Waals surface area contributed by atoms with E-state index in [-0.39, 0.29) is 12.2 Å². The predicted octanol–water partition coefficient (Wildman–Crippen LogP) is 4.54. The van der Waals surface area contributed by atoms with Crippen LogP contribution in [0.5, 0.6) is 0 Å². The molecule has 1 aliphatic carbocycles. The molecular formula is C31H29ClN10O3. The second-order valence-corrected chi connectivity index (χ2v) is 12.5. The molecule has 0 radical (unpaired) electrons. The van der Waals surface area contributed by atoms with Crippen LogP contribution in [0.25, 0.3) is 44.2 Å². The zero-order chi connectivity index (χ0) is 31.2. The van der Waals surface area contributed by atoms with Crippen LogP contribution < -0.4 is 5.69 Å². The summed E-state index contributed by atoms with van der Waals surface area (Å²) < 4.78 is 4.59. The molecule has 1 aliphatic heterocycles. The number of aryl methyl sites for hydroxylation is 2. The largest absolute Gasteiger partial charge is 0.351 e. The van der Waals surface area contributed by atoms with E-state index in [2.05, 4.69) is 25.5 Å². The number of benzene rings is 2. The van der Waals surface area contributed by atoms with E-state index in [4.69, 9.17) is 16.7 Å². The third-order valence-electron chi connectivity index (χ3n) is 9.61. The number of Topliss-reactive ketones (excluding diaryl/α,β-unsaturated/α-hetero) is 1. The molecule has 2 aromatic carbocycles. The van der Waals surface area contributed by atoms with Crippen molar-refractivity contribution in [2.45, 2.75) is 51.1 Å². The second-order valence-electron chi connectivity index (χ2n) is 12.2. The zero-order valence-corrected chi connectivity index (χ0v) is 25.6. The van der Waals surface area contributed by atoms with Gasteiger partial charge in [0.1, 0.15) is 18.1 Å². The quantitative estimate of drug-likeness (QED) is 0.293. The molecule has 6 aromatic rings. The van der Waals surface area contributed by atoms with Gasteiger partial charge in [0.2, 0.25) is 0 Å². The van der Waals surface area contributed by atoms with Crippen LogP contribution in [0.15, 0.2) is 47.8 Å². The number of fused-ring (bicyclic) bond motifs is 2.